The number of benzene rings is 3. The van der Waals surface area contributed by atoms with Crippen molar-refractivity contribution in [3.63, 3.8) is 0 Å². The lowest BCUT2D eigenvalue weighted by Crippen LogP contribution is -2.50. The van der Waals surface area contributed by atoms with Crippen LogP contribution in [0.5, 0.6) is 5.75 Å². The van der Waals surface area contributed by atoms with Crippen molar-refractivity contribution < 1.29 is 33.8 Å². The molecule has 190 valence electrons. The average molecular weight is 503 g/mol. The number of carboxylic acids is 1. The molecule has 3 N–H and O–H groups in total. The summed E-state index contributed by atoms with van der Waals surface area (Å²) in [4.78, 5) is 48.8. The monoisotopic (exact) mass is 502 g/mol. The van der Waals surface area contributed by atoms with Crippen LogP contribution in [0.25, 0.3) is 11.1 Å². The van der Waals surface area contributed by atoms with Crippen LogP contribution in [0.4, 0.5) is 4.79 Å². The van der Waals surface area contributed by atoms with E-state index in [1.807, 2.05) is 48.5 Å². The molecule has 3 amide bonds. The molecule has 3 aromatic rings. The number of carbonyl (C=O) groups is 4. The third-order valence-corrected chi connectivity index (χ3v) is 6.12. The molecule has 1 aliphatic rings. The van der Waals surface area contributed by atoms with E-state index >= 15 is 0 Å². The minimum absolute atomic E-state index is 0.00231. The molecule has 0 heterocycles. The maximum Gasteiger partial charge on any atom is 0.407 e. The fraction of sp³-hybridized carbons (Fsp3) is 0.214. The maximum atomic E-state index is 12.6. The molecule has 0 spiro atoms. The molecule has 1 aliphatic carbocycles. The number of carboxylic acid groups (broad SMARTS) is 1. The normalized spacial score (nSPS) is 12.6. The quantitative estimate of drug-likeness (QED) is 0.409. The van der Waals surface area contributed by atoms with Crippen LogP contribution < -0.4 is 15.4 Å². The largest absolute Gasteiger partial charge is 0.497 e. The van der Waals surface area contributed by atoms with E-state index in [2.05, 4.69) is 10.6 Å². The van der Waals surface area contributed by atoms with Crippen molar-refractivity contribution in [1.82, 2.24) is 10.6 Å². The summed E-state index contributed by atoms with van der Waals surface area (Å²) in [6, 6.07) is 20.9. The van der Waals surface area contributed by atoms with Gasteiger partial charge in [0.25, 0.3) is 0 Å². The summed E-state index contributed by atoms with van der Waals surface area (Å²) in [6.45, 7) is -0.00231. The van der Waals surface area contributed by atoms with Crippen molar-refractivity contribution in [2.75, 3.05) is 13.7 Å². The van der Waals surface area contributed by atoms with Crippen LogP contribution in [-0.2, 0) is 25.5 Å². The second-order valence-electron chi connectivity index (χ2n) is 8.56. The highest BCUT2D eigenvalue weighted by Gasteiger charge is 2.30. The summed E-state index contributed by atoms with van der Waals surface area (Å²) < 4.78 is 10.5. The SMILES string of the molecule is COc1ccc(CC(=O)NC(=O)[C@H](CC(=O)O)NC(=O)OCC2c3ccccc3-c3ccccc32)cc1. The lowest BCUT2D eigenvalue weighted by molar-refractivity contribution is -0.141. The minimum Gasteiger partial charge on any atom is -0.497 e. The van der Waals surface area contributed by atoms with Crippen LogP contribution in [0.3, 0.4) is 0 Å². The van der Waals surface area contributed by atoms with Gasteiger partial charge >= 0.3 is 12.1 Å². The summed E-state index contributed by atoms with van der Waals surface area (Å²) in [6.07, 6.45) is -1.78. The molecule has 0 fully saturated rings. The Hall–Kier alpha value is -4.66. The maximum absolute atomic E-state index is 12.6. The predicted octanol–water partition coefficient (Wildman–Crippen LogP) is 3.26. The number of imide groups is 1. The number of fused-ring (bicyclic) bond motifs is 3. The molecule has 4 rings (SSSR count). The van der Waals surface area contributed by atoms with E-state index in [0.29, 0.717) is 11.3 Å². The van der Waals surface area contributed by atoms with Crippen LogP contribution in [0.2, 0.25) is 0 Å². The first kappa shape index (κ1) is 25.4. The molecule has 9 nitrogen and oxygen atoms in total. The molecule has 0 radical (unpaired) electrons. The molecule has 1 atom stereocenters. The van der Waals surface area contributed by atoms with Crippen LogP contribution in [0.15, 0.2) is 72.8 Å². The molecule has 0 bridgehead atoms. The number of methoxy groups -OCH3 is 1. The molecular weight excluding hydrogens is 476 g/mol. The molecule has 0 saturated carbocycles. The average Bonchev–Trinajstić information content (AvgIpc) is 3.21. The van der Waals surface area contributed by atoms with Crippen LogP contribution in [0.1, 0.15) is 29.0 Å². The Balaban J connectivity index is 1.36. The van der Waals surface area contributed by atoms with Gasteiger partial charge in [0.15, 0.2) is 0 Å². The molecule has 37 heavy (non-hydrogen) atoms. The molecule has 0 aliphatic heterocycles. The van der Waals surface area contributed by atoms with Gasteiger partial charge in [0.1, 0.15) is 18.4 Å². The first-order valence-electron chi connectivity index (χ1n) is 11.7. The van der Waals surface area contributed by atoms with Gasteiger partial charge in [-0.15, -0.1) is 0 Å². The van der Waals surface area contributed by atoms with Gasteiger partial charge in [-0.3, -0.25) is 19.7 Å². The standard InChI is InChI=1S/C28H26N2O7/c1-36-18-12-10-17(11-13-18)14-25(31)30-27(34)24(15-26(32)33)29-28(35)37-16-23-21-8-4-2-6-19(21)20-7-3-5-9-22(20)23/h2-13,23-24H,14-16H2,1H3,(H,29,35)(H,32,33)(H,30,31,34)/t24-/m0/s1. The van der Waals surface area contributed by atoms with Gasteiger partial charge in [-0.2, -0.15) is 0 Å². The number of ether oxygens (including phenoxy) is 2. The van der Waals surface area contributed by atoms with Crippen molar-refractivity contribution in [3.05, 3.63) is 89.5 Å². The summed E-state index contributed by atoms with van der Waals surface area (Å²) in [5, 5.41) is 13.6. The van der Waals surface area contributed by atoms with Crippen molar-refractivity contribution in [1.29, 1.82) is 0 Å². The Morgan fingerprint density at radius 2 is 1.49 bits per heavy atom. The van der Waals surface area contributed by atoms with Gasteiger partial charge in [0.2, 0.25) is 11.8 Å². The summed E-state index contributed by atoms with van der Waals surface area (Å²) in [7, 11) is 1.52. The second-order valence-corrected chi connectivity index (χ2v) is 8.56. The number of hydrogen-bond donors (Lipinski definition) is 3. The van der Waals surface area contributed by atoms with Crippen molar-refractivity contribution in [2.24, 2.45) is 0 Å². The number of rotatable bonds is 9. The molecule has 3 aromatic carbocycles. The number of carbonyl (C=O) groups excluding carboxylic acids is 3. The van der Waals surface area contributed by atoms with Crippen molar-refractivity contribution in [3.8, 4) is 16.9 Å². The van der Waals surface area contributed by atoms with E-state index < -0.39 is 36.3 Å². The predicted molar refractivity (Wildman–Crippen MR) is 134 cm³/mol. The number of amides is 3. The third kappa shape index (κ3) is 6.13. The highest BCUT2D eigenvalue weighted by Crippen LogP contribution is 2.44. The lowest BCUT2D eigenvalue weighted by atomic mass is 9.98. The van der Waals surface area contributed by atoms with E-state index in [1.54, 1.807) is 24.3 Å². The van der Waals surface area contributed by atoms with Gasteiger partial charge in [0, 0.05) is 5.92 Å². The molecule has 0 saturated heterocycles. The van der Waals surface area contributed by atoms with Crippen molar-refractivity contribution in [2.45, 2.75) is 24.8 Å². The lowest BCUT2D eigenvalue weighted by Gasteiger charge is -2.18. The smallest absolute Gasteiger partial charge is 0.407 e. The second kappa shape index (κ2) is 11.4. The zero-order valence-electron chi connectivity index (χ0n) is 20.1. The Kier molecular flexibility index (Phi) is 7.83. The number of aliphatic carboxylic acids is 1. The molecule has 0 aromatic heterocycles. The van der Waals surface area contributed by atoms with Gasteiger partial charge in [-0.25, -0.2) is 4.79 Å². The highest BCUT2D eigenvalue weighted by atomic mass is 16.5. The van der Waals surface area contributed by atoms with E-state index in [1.165, 1.54) is 7.11 Å². The molecular formula is C28H26N2O7. The Morgan fingerprint density at radius 1 is 0.892 bits per heavy atom. The summed E-state index contributed by atoms with van der Waals surface area (Å²) in [5.41, 5.74) is 4.78. The van der Waals surface area contributed by atoms with E-state index in [-0.39, 0.29) is 18.9 Å². The topological polar surface area (TPSA) is 131 Å². The number of alkyl carbamates (subject to hydrolysis) is 1. The van der Waals surface area contributed by atoms with E-state index in [4.69, 9.17) is 9.47 Å². The Morgan fingerprint density at radius 3 is 2.05 bits per heavy atom. The molecule has 9 heteroatoms. The number of nitrogens with one attached hydrogen (secondary N) is 2. The van der Waals surface area contributed by atoms with E-state index in [0.717, 1.165) is 22.3 Å². The van der Waals surface area contributed by atoms with Gasteiger partial charge in [-0.1, -0.05) is 60.7 Å². The fourth-order valence-corrected chi connectivity index (χ4v) is 4.36. The van der Waals surface area contributed by atoms with Crippen molar-refractivity contribution >= 4 is 23.9 Å². The van der Waals surface area contributed by atoms with Gasteiger partial charge in [-0.05, 0) is 39.9 Å². The zero-order valence-corrected chi connectivity index (χ0v) is 20.1. The fourth-order valence-electron chi connectivity index (χ4n) is 4.36. The summed E-state index contributed by atoms with van der Waals surface area (Å²) >= 11 is 0. The van der Waals surface area contributed by atoms with Crippen LogP contribution >= 0.6 is 0 Å². The summed E-state index contributed by atoms with van der Waals surface area (Å²) in [5.74, 6) is -2.47. The Labute approximate surface area is 213 Å². The van der Waals surface area contributed by atoms with Crippen LogP contribution in [-0.4, -0.2) is 48.7 Å². The van der Waals surface area contributed by atoms with Gasteiger partial charge in [0.05, 0.1) is 20.0 Å². The minimum atomic E-state index is -1.49. The first-order valence-corrected chi connectivity index (χ1v) is 11.7. The highest BCUT2D eigenvalue weighted by molar-refractivity contribution is 6.00. The third-order valence-electron chi connectivity index (χ3n) is 6.12. The van der Waals surface area contributed by atoms with Gasteiger partial charge < -0.3 is 19.9 Å². The first-order chi connectivity index (χ1) is 17.9. The molecule has 0 unspecified atom stereocenters. The van der Waals surface area contributed by atoms with E-state index in [9.17, 15) is 24.3 Å². The number of hydrogen-bond acceptors (Lipinski definition) is 6. The van der Waals surface area contributed by atoms with Crippen LogP contribution in [0, 0.1) is 0 Å². The zero-order chi connectivity index (χ0) is 26.4. The Bertz CT molecular complexity index is 1270.